The summed E-state index contributed by atoms with van der Waals surface area (Å²) in [7, 11) is 0. The third kappa shape index (κ3) is 4.07. The van der Waals surface area contributed by atoms with Crippen molar-refractivity contribution in [2.24, 2.45) is 0 Å². The number of carbonyl (C=O) groups excluding carboxylic acids is 1. The van der Waals surface area contributed by atoms with Crippen LogP contribution in [0.3, 0.4) is 0 Å². The molecule has 0 radical (unpaired) electrons. The number of rotatable bonds is 6. The molecule has 9 heteroatoms. The van der Waals surface area contributed by atoms with Crippen molar-refractivity contribution in [1.82, 2.24) is 25.2 Å². The number of pyridine rings is 1. The third-order valence-corrected chi connectivity index (χ3v) is 8.88. The van der Waals surface area contributed by atoms with E-state index in [2.05, 4.69) is 55.2 Å². The molecule has 0 aromatic carbocycles. The van der Waals surface area contributed by atoms with Gasteiger partial charge < -0.3 is 25.3 Å². The quantitative estimate of drug-likeness (QED) is 0.639. The number of piperazine rings is 1. The average Bonchev–Trinajstić information content (AvgIpc) is 3.54. The lowest BCUT2D eigenvalue weighted by atomic mass is 9.90. The highest BCUT2D eigenvalue weighted by atomic mass is 16.2. The fourth-order valence-corrected chi connectivity index (χ4v) is 6.92. The lowest BCUT2D eigenvalue weighted by Gasteiger charge is -2.47. The fraction of sp³-hybridized carbons (Fsp3) is 0.630. The number of fused-ring (bicyclic) bond motifs is 4. The van der Waals surface area contributed by atoms with Crippen LogP contribution in [0.1, 0.15) is 57.9 Å². The summed E-state index contributed by atoms with van der Waals surface area (Å²) in [6, 6.07) is 4.67. The van der Waals surface area contributed by atoms with E-state index < -0.39 is 0 Å². The van der Waals surface area contributed by atoms with E-state index in [1.54, 1.807) is 0 Å². The van der Waals surface area contributed by atoms with Crippen molar-refractivity contribution in [3.05, 3.63) is 30.1 Å². The van der Waals surface area contributed by atoms with Crippen LogP contribution < -0.4 is 20.4 Å². The number of nitrogens with zero attached hydrogens (tertiary/aromatic N) is 6. The Bertz CT molecular complexity index is 1090. The predicted octanol–water partition coefficient (Wildman–Crippen LogP) is 3.10. The standard InChI is InChI=1S/C27H38N8O/c1-3-33(4-2)20-9-13-34(14-10-20)21-7-8-23(28-17-21)31-26-29-16-19-15-22-25(36)30-18-27(11-5-6-12-27)35(22)24(19)32-26/h7-8,16-17,20,22H,3-6,9-15,18H2,1-2H3,(H,30,36)(H,28,29,31,32). The molecule has 192 valence electrons. The third-order valence-electron chi connectivity index (χ3n) is 8.88. The Morgan fingerprint density at radius 3 is 2.58 bits per heavy atom. The zero-order valence-corrected chi connectivity index (χ0v) is 21.5. The van der Waals surface area contributed by atoms with E-state index in [9.17, 15) is 4.79 Å². The first-order valence-electron chi connectivity index (χ1n) is 13.8. The summed E-state index contributed by atoms with van der Waals surface area (Å²) in [5.41, 5.74) is 2.22. The maximum Gasteiger partial charge on any atom is 0.243 e. The first-order chi connectivity index (χ1) is 17.6. The zero-order chi connectivity index (χ0) is 24.7. The van der Waals surface area contributed by atoms with Crippen molar-refractivity contribution in [2.75, 3.05) is 47.8 Å². The highest BCUT2D eigenvalue weighted by Gasteiger charge is 2.52. The second-order valence-corrected chi connectivity index (χ2v) is 10.7. The highest BCUT2D eigenvalue weighted by Crippen LogP contribution is 2.45. The molecule has 1 aliphatic carbocycles. The van der Waals surface area contributed by atoms with Crippen LogP contribution in [0.5, 0.6) is 0 Å². The van der Waals surface area contributed by atoms with Gasteiger partial charge in [-0.25, -0.2) is 9.97 Å². The number of amides is 1. The number of carbonyl (C=O) groups is 1. The minimum Gasteiger partial charge on any atom is -0.370 e. The lowest BCUT2D eigenvalue weighted by Crippen LogP contribution is -2.66. The molecule has 0 bridgehead atoms. The van der Waals surface area contributed by atoms with E-state index in [4.69, 9.17) is 4.98 Å². The summed E-state index contributed by atoms with van der Waals surface area (Å²) in [5.74, 6) is 2.30. The van der Waals surface area contributed by atoms with E-state index in [0.717, 1.165) is 56.2 Å². The summed E-state index contributed by atoms with van der Waals surface area (Å²) in [4.78, 5) is 34.1. The first kappa shape index (κ1) is 23.5. The summed E-state index contributed by atoms with van der Waals surface area (Å²) < 4.78 is 0. The summed E-state index contributed by atoms with van der Waals surface area (Å²) >= 11 is 0. The van der Waals surface area contributed by atoms with Gasteiger partial charge in [0.05, 0.1) is 17.4 Å². The van der Waals surface area contributed by atoms with Gasteiger partial charge in [-0.2, -0.15) is 4.98 Å². The van der Waals surface area contributed by atoms with Crippen molar-refractivity contribution in [3.8, 4) is 0 Å². The topological polar surface area (TPSA) is 89.5 Å². The molecule has 2 aromatic heterocycles. The molecule has 3 fully saturated rings. The SMILES string of the molecule is CCN(CC)C1CCN(c2ccc(Nc3ncc4c(n3)N3C(C4)C(=O)NCC34CCCC4)nc2)CC1. The minimum atomic E-state index is -0.167. The molecule has 2 aromatic rings. The van der Waals surface area contributed by atoms with E-state index in [-0.39, 0.29) is 17.5 Å². The van der Waals surface area contributed by atoms with Crippen LogP contribution in [0.25, 0.3) is 0 Å². The fourth-order valence-electron chi connectivity index (χ4n) is 6.92. The average molecular weight is 491 g/mol. The van der Waals surface area contributed by atoms with Gasteiger partial charge >= 0.3 is 0 Å². The summed E-state index contributed by atoms with van der Waals surface area (Å²) in [6.45, 7) is 9.60. The number of piperidine rings is 1. The Morgan fingerprint density at radius 1 is 1.11 bits per heavy atom. The Kier molecular flexibility index (Phi) is 6.19. The Balaban J connectivity index is 1.15. The number of anilines is 4. The monoisotopic (exact) mass is 490 g/mol. The Morgan fingerprint density at radius 2 is 1.89 bits per heavy atom. The normalized spacial score (nSPS) is 23.2. The molecule has 4 aliphatic rings. The van der Waals surface area contributed by atoms with Gasteiger partial charge in [0.25, 0.3) is 0 Å². The molecule has 2 N–H and O–H groups in total. The first-order valence-corrected chi connectivity index (χ1v) is 13.8. The molecule has 9 nitrogen and oxygen atoms in total. The molecule has 36 heavy (non-hydrogen) atoms. The molecule has 1 atom stereocenters. The second-order valence-electron chi connectivity index (χ2n) is 10.7. The van der Waals surface area contributed by atoms with E-state index in [1.807, 2.05) is 18.5 Å². The van der Waals surface area contributed by atoms with Crippen LogP contribution in [0.15, 0.2) is 24.5 Å². The molecule has 3 aliphatic heterocycles. The molecule has 6 rings (SSSR count). The van der Waals surface area contributed by atoms with Gasteiger partial charge in [-0.1, -0.05) is 26.7 Å². The van der Waals surface area contributed by atoms with Crippen LogP contribution in [0, 0.1) is 0 Å². The van der Waals surface area contributed by atoms with Crippen molar-refractivity contribution < 1.29 is 4.79 Å². The van der Waals surface area contributed by atoms with Crippen LogP contribution in [0.4, 0.5) is 23.3 Å². The summed E-state index contributed by atoms with van der Waals surface area (Å²) in [5, 5.41) is 6.46. The van der Waals surface area contributed by atoms with Crippen LogP contribution in [0.2, 0.25) is 0 Å². The van der Waals surface area contributed by atoms with Crippen molar-refractivity contribution in [1.29, 1.82) is 0 Å². The van der Waals surface area contributed by atoms with Gasteiger partial charge in [0.15, 0.2) is 0 Å². The molecular formula is C27H38N8O. The molecule has 1 unspecified atom stereocenters. The number of hydrogen-bond donors (Lipinski definition) is 2. The van der Waals surface area contributed by atoms with Crippen LogP contribution in [-0.2, 0) is 11.2 Å². The zero-order valence-electron chi connectivity index (χ0n) is 21.5. The van der Waals surface area contributed by atoms with E-state index in [1.165, 1.54) is 31.4 Å². The number of nitrogens with one attached hydrogen (secondary N) is 2. The van der Waals surface area contributed by atoms with Gasteiger partial charge in [0, 0.05) is 43.9 Å². The van der Waals surface area contributed by atoms with Crippen LogP contribution in [-0.4, -0.2) is 76.1 Å². The lowest BCUT2D eigenvalue weighted by molar-refractivity contribution is -0.124. The van der Waals surface area contributed by atoms with Crippen molar-refractivity contribution >= 4 is 29.2 Å². The van der Waals surface area contributed by atoms with E-state index in [0.29, 0.717) is 25.0 Å². The maximum absolute atomic E-state index is 12.7. The molecule has 1 spiro atoms. The second kappa shape index (κ2) is 9.50. The predicted molar refractivity (Wildman–Crippen MR) is 142 cm³/mol. The van der Waals surface area contributed by atoms with Gasteiger partial charge in [0.1, 0.15) is 17.7 Å². The molecular weight excluding hydrogens is 452 g/mol. The molecule has 1 amide bonds. The van der Waals surface area contributed by atoms with Crippen molar-refractivity contribution in [2.45, 2.75) is 76.4 Å². The molecule has 5 heterocycles. The van der Waals surface area contributed by atoms with Crippen LogP contribution >= 0.6 is 0 Å². The largest absolute Gasteiger partial charge is 0.370 e. The minimum absolute atomic E-state index is 0.00587. The van der Waals surface area contributed by atoms with Gasteiger partial charge in [-0.05, 0) is 50.9 Å². The Labute approximate surface area is 213 Å². The smallest absolute Gasteiger partial charge is 0.243 e. The maximum atomic E-state index is 12.7. The Hall–Kier alpha value is -2.94. The summed E-state index contributed by atoms with van der Waals surface area (Å²) in [6.07, 6.45) is 11.5. The molecule has 1 saturated carbocycles. The number of hydrogen-bond acceptors (Lipinski definition) is 8. The highest BCUT2D eigenvalue weighted by molar-refractivity contribution is 5.90. The van der Waals surface area contributed by atoms with Gasteiger partial charge in [-0.15, -0.1) is 0 Å². The van der Waals surface area contributed by atoms with Gasteiger partial charge in [0.2, 0.25) is 11.9 Å². The molecule has 2 saturated heterocycles. The van der Waals surface area contributed by atoms with Crippen molar-refractivity contribution in [3.63, 3.8) is 0 Å². The van der Waals surface area contributed by atoms with E-state index >= 15 is 0 Å². The van der Waals surface area contributed by atoms with Gasteiger partial charge in [-0.3, -0.25) is 4.79 Å². The number of aromatic nitrogens is 3.